The Morgan fingerprint density at radius 3 is 2.91 bits per heavy atom. The highest BCUT2D eigenvalue weighted by molar-refractivity contribution is 4.90. The first-order valence-corrected chi connectivity index (χ1v) is 4.38. The summed E-state index contributed by atoms with van der Waals surface area (Å²) in [6, 6.07) is 1.28. The summed E-state index contributed by atoms with van der Waals surface area (Å²) in [6.07, 6.45) is 0. The number of nitrogens with one attached hydrogen (secondary N) is 1. The average Bonchev–Trinajstić information content (AvgIpc) is 2.40. The topological polar surface area (TPSA) is 24.5 Å². The van der Waals surface area contributed by atoms with Crippen molar-refractivity contribution < 1.29 is 4.84 Å². The summed E-state index contributed by atoms with van der Waals surface area (Å²) in [5.74, 6) is 0.734. The number of hydrogen-bond acceptors (Lipinski definition) is 3. The molecule has 2 rings (SSSR count). The molecule has 0 bridgehead atoms. The molecule has 1 N–H and O–H groups in total. The molecule has 2 atom stereocenters. The van der Waals surface area contributed by atoms with Crippen LogP contribution in [0.4, 0.5) is 0 Å². The van der Waals surface area contributed by atoms with E-state index in [-0.39, 0.29) is 0 Å². The van der Waals surface area contributed by atoms with Crippen molar-refractivity contribution in [2.45, 2.75) is 25.9 Å². The molecule has 2 saturated heterocycles. The van der Waals surface area contributed by atoms with Gasteiger partial charge in [0.25, 0.3) is 0 Å². The van der Waals surface area contributed by atoms with Gasteiger partial charge >= 0.3 is 0 Å². The van der Waals surface area contributed by atoms with Crippen LogP contribution in [0.3, 0.4) is 0 Å². The van der Waals surface area contributed by atoms with Crippen LogP contribution < -0.4 is 5.48 Å². The molecular weight excluding hydrogens is 140 g/mol. The van der Waals surface area contributed by atoms with Gasteiger partial charge in [0.15, 0.2) is 0 Å². The normalized spacial score (nSPS) is 38.5. The monoisotopic (exact) mass is 156 g/mol. The van der Waals surface area contributed by atoms with Crippen LogP contribution in [-0.4, -0.2) is 36.7 Å². The fourth-order valence-corrected chi connectivity index (χ4v) is 1.89. The zero-order valence-electron chi connectivity index (χ0n) is 7.21. The molecule has 0 aromatic rings. The van der Waals surface area contributed by atoms with Crippen LogP contribution in [-0.2, 0) is 4.84 Å². The van der Waals surface area contributed by atoms with Gasteiger partial charge < -0.3 is 4.84 Å². The predicted octanol–water partition coefficient (Wildman–Crippen LogP) is 0.230. The molecule has 0 amide bonds. The molecule has 0 aliphatic carbocycles. The molecule has 11 heavy (non-hydrogen) atoms. The average molecular weight is 156 g/mol. The molecule has 0 aromatic carbocycles. The van der Waals surface area contributed by atoms with Crippen LogP contribution >= 0.6 is 0 Å². The summed E-state index contributed by atoms with van der Waals surface area (Å²) < 4.78 is 0. The second kappa shape index (κ2) is 2.73. The molecule has 2 unspecified atom stereocenters. The third kappa shape index (κ3) is 1.28. The summed E-state index contributed by atoms with van der Waals surface area (Å²) in [6.45, 7) is 7.76. The van der Waals surface area contributed by atoms with Gasteiger partial charge in [0.2, 0.25) is 0 Å². The van der Waals surface area contributed by atoms with Gasteiger partial charge in [0, 0.05) is 25.0 Å². The van der Waals surface area contributed by atoms with Crippen molar-refractivity contribution in [3.8, 4) is 0 Å². The van der Waals surface area contributed by atoms with E-state index in [0.717, 1.165) is 19.1 Å². The standard InChI is InChI=1S/C8H16N2O/c1-6(2)10-3-7-5-11-9-8(7)4-10/h6-9H,3-5H2,1-2H3. The molecule has 2 heterocycles. The molecule has 2 aliphatic rings. The first-order valence-electron chi connectivity index (χ1n) is 4.38. The first kappa shape index (κ1) is 7.53. The number of hydroxylamine groups is 1. The van der Waals surface area contributed by atoms with E-state index in [4.69, 9.17) is 4.84 Å². The molecule has 2 fully saturated rings. The molecule has 64 valence electrons. The predicted molar refractivity (Wildman–Crippen MR) is 43.1 cm³/mol. The second-order valence-electron chi connectivity index (χ2n) is 3.84. The van der Waals surface area contributed by atoms with E-state index >= 15 is 0 Å². The van der Waals surface area contributed by atoms with E-state index in [0.29, 0.717) is 12.1 Å². The largest absolute Gasteiger partial charge is 0.301 e. The van der Waals surface area contributed by atoms with Crippen molar-refractivity contribution in [1.82, 2.24) is 10.4 Å². The van der Waals surface area contributed by atoms with Crippen LogP contribution in [0.2, 0.25) is 0 Å². The molecule has 3 heteroatoms. The lowest BCUT2D eigenvalue weighted by Crippen LogP contribution is -2.33. The maximum atomic E-state index is 5.16. The van der Waals surface area contributed by atoms with Crippen molar-refractivity contribution in [1.29, 1.82) is 0 Å². The Hall–Kier alpha value is -0.120. The van der Waals surface area contributed by atoms with E-state index in [1.807, 2.05) is 0 Å². The minimum Gasteiger partial charge on any atom is -0.301 e. The van der Waals surface area contributed by atoms with E-state index in [9.17, 15) is 0 Å². The molecule has 0 saturated carbocycles. The SMILES string of the molecule is CC(C)N1CC2CONC2C1. The smallest absolute Gasteiger partial charge is 0.0739 e. The van der Waals surface area contributed by atoms with Gasteiger partial charge in [0.05, 0.1) is 12.6 Å². The number of nitrogens with zero attached hydrogens (tertiary/aromatic N) is 1. The minimum atomic E-state index is 0.595. The minimum absolute atomic E-state index is 0.595. The van der Waals surface area contributed by atoms with E-state index in [1.165, 1.54) is 6.54 Å². The number of hydrogen-bond donors (Lipinski definition) is 1. The van der Waals surface area contributed by atoms with Crippen molar-refractivity contribution in [2.24, 2.45) is 5.92 Å². The van der Waals surface area contributed by atoms with E-state index < -0.39 is 0 Å². The highest BCUT2D eigenvalue weighted by atomic mass is 16.7. The Kier molecular flexibility index (Phi) is 1.87. The lowest BCUT2D eigenvalue weighted by Gasteiger charge is -2.20. The summed E-state index contributed by atoms with van der Waals surface area (Å²) in [4.78, 5) is 7.67. The number of fused-ring (bicyclic) bond motifs is 1. The second-order valence-corrected chi connectivity index (χ2v) is 3.84. The highest BCUT2D eigenvalue weighted by Crippen LogP contribution is 2.22. The molecule has 0 radical (unpaired) electrons. The number of likely N-dealkylation sites (tertiary alicyclic amines) is 1. The van der Waals surface area contributed by atoms with Gasteiger partial charge in [-0.2, -0.15) is 5.48 Å². The molecule has 2 aliphatic heterocycles. The summed E-state index contributed by atoms with van der Waals surface area (Å²) in [5.41, 5.74) is 3.06. The maximum absolute atomic E-state index is 5.16. The first-order chi connectivity index (χ1) is 5.27. The quantitative estimate of drug-likeness (QED) is 0.588. The van der Waals surface area contributed by atoms with Gasteiger partial charge in [-0.05, 0) is 13.8 Å². The van der Waals surface area contributed by atoms with Gasteiger partial charge in [-0.3, -0.25) is 4.90 Å². The molecule has 0 spiro atoms. The lowest BCUT2D eigenvalue weighted by atomic mass is 10.1. The third-order valence-corrected chi connectivity index (χ3v) is 2.73. The van der Waals surface area contributed by atoms with Crippen LogP contribution in [0, 0.1) is 5.92 Å². The highest BCUT2D eigenvalue weighted by Gasteiger charge is 2.37. The van der Waals surface area contributed by atoms with E-state index in [2.05, 4.69) is 24.2 Å². The Morgan fingerprint density at radius 1 is 1.45 bits per heavy atom. The van der Waals surface area contributed by atoms with Crippen molar-refractivity contribution in [3.05, 3.63) is 0 Å². The molecule has 0 aromatic heterocycles. The Balaban J connectivity index is 1.94. The lowest BCUT2D eigenvalue weighted by molar-refractivity contribution is 0.0681. The van der Waals surface area contributed by atoms with E-state index in [1.54, 1.807) is 0 Å². The van der Waals surface area contributed by atoms with Crippen molar-refractivity contribution in [3.63, 3.8) is 0 Å². The Labute approximate surface area is 67.7 Å². The zero-order chi connectivity index (χ0) is 7.84. The zero-order valence-corrected chi connectivity index (χ0v) is 7.21. The Bertz CT molecular complexity index is 137. The van der Waals surface area contributed by atoms with Gasteiger partial charge in [0.1, 0.15) is 0 Å². The van der Waals surface area contributed by atoms with Crippen LogP contribution in [0.15, 0.2) is 0 Å². The fraction of sp³-hybridized carbons (Fsp3) is 1.00. The summed E-state index contributed by atoms with van der Waals surface area (Å²) >= 11 is 0. The van der Waals surface area contributed by atoms with Crippen molar-refractivity contribution in [2.75, 3.05) is 19.7 Å². The van der Waals surface area contributed by atoms with Gasteiger partial charge in [-0.15, -0.1) is 0 Å². The molecular formula is C8H16N2O. The van der Waals surface area contributed by atoms with Gasteiger partial charge in [-0.25, -0.2) is 0 Å². The Morgan fingerprint density at radius 2 is 2.27 bits per heavy atom. The maximum Gasteiger partial charge on any atom is 0.0739 e. The fourth-order valence-electron chi connectivity index (χ4n) is 1.89. The third-order valence-electron chi connectivity index (χ3n) is 2.73. The summed E-state index contributed by atoms with van der Waals surface area (Å²) in [5, 5.41) is 0. The van der Waals surface area contributed by atoms with Crippen LogP contribution in [0.5, 0.6) is 0 Å². The molecule has 3 nitrogen and oxygen atoms in total. The van der Waals surface area contributed by atoms with Crippen LogP contribution in [0.1, 0.15) is 13.8 Å². The number of rotatable bonds is 1. The van der Waals surface area contributed by atoms with Crippen molar-refractivity contribution >= 4 is 0 Å². The summed E-state index contributed by atoms with van der Waals surface area (Å²) in [7, 11) is 0. The van der Waals surface area contributed by atoms with Gasteiger partial charge in [-0.1, -0.05) is 0 Å². The van der Waals surface area contributed by atoms with Crippen LogP contribution in [0.25, 0.3) is 0 Å².